The molecule has 0 amide bonds. The third kappa shape index (κ3) is 1.73. The van der Waals surface area contributed by atoms with E-state index in [0.717, 1.165) is 29.0 Å². The molecule has 1 saturated carbocycles. The van der Waals surface area contributed by atoms with Gasteiger partial charge in [0.1, 0.15) is 6.10 Å². The van der Waals surface area contributed by atoms with E-state index in [1.54, 1.807) is 0 Å². The fourth-order valence-electron chi connectivity index (χ4n) is 2.39. The molecule has 0 aromatic heterocycles. The van der Waals surface area contributed by atoms with Crippen molar-refractivity contribution in [1.82, 2.24) is 0 Å². The second-order valence-corrected chi connectivity index (χ2v) is 5.01. The molecule has 84 valence electrons. The minimum Gasteiger partial charge on any atom is -0.454 e. The van der Waals surface area contributed by atoms with Crippen molar-refractivity contribution in [3.05, 3.63) is 34.9 Å². The van der Waals surface area contributed by atoms with Gasteiger partial charge in [0.2, 0.25) is 0 Å². The maximum atomic E-state index is 11.7. The van der Waals surface area contributed by atoms with E-state index in [9.17, 15) is 4.79 Å². The Morgan fingerprint density at radius 1 is 1.31 bits per heavy atom. The van der Waals surface area contributed by atoms with E-state index in [0.29, 0.717) is 0 Å². The molecule has 1 aromatic rings. The molecule has 0 radical (unpaired) electrons. The highest BCUT2D eigenvalue weighted by Gasteiger charge is 2.32. The van der Waals surface area contributed by atoms with E-state index < -0.39 is 0 Å². The van der Waals surface area contributed by atoms with Gasteiger partial charge >= 0.3 is 5.97 Å². The van der Waals surface area contributed by atoms with Crippen LogP contribution >= 0.6 is 0 Å². The molecular weight excluding hydrogens is 200 g/mol. The molecule has 1 unspecified atom stereocenters. The second kappa shape index (κ2) is 3.62. The van der Waals surface area contributed by atoms with Crippen LogP contribution in [0.25, 0.3) is 0 Å². The summed E-state index contributed by atoms with van der Waals surface area (Å²) >= 11 is 0. The number of fused-ring (bicyclic) bond motifs is 1. The van der Waals surface area contributed by atoms with E-state index in [4.69, 9.17) is 4.74 Å². The van der Waals surface area contributed by atoms with E-state index >= 15 is 0 Å². The first-order valence-electron chi connectivity index (χ1n) is 6.05. The lowest BCUT2D eigenvalue weighted by Gasteiger charge is -2.09. The van der Waals surface area contributed by atoms with E-state index in [1.165, 1.54) is 19.3 Å². The lowest BCUT2D eigenvalue weighted by Crippen LogP contribution is -1.99. The van der Waals surface area contributed by atoms with Crippen molar-refractivity contribution in [3.63, 3.8) is 0 Å². The Morgan fingerprint density at radius 3 is 2.88 bits per heavy atom. The molecule has 1 aliphatic heterocycles. The Hall–Kier alpha value is -1.31. The predicted molar refractivity (Wildman–Crippen MR) is 61.3 cm³/mol. The van der Waals surface area contributed by atoms with Gasteiger partial charge in [-0.05, 0) is 31.7 Å². The number of hydrogen-bond donors (Lipinski definition) is 0. The lowest BCUT2D eigenvalue weighted by atomic mass is 9.99. The first-order chi connectivity index (χ1) is 7.74. The maximum absolute atomic E-state index is 11.7. The van der Waals surface area contributed by atoms with Crippen molar-refractivity contribution in [2.75, 3.05) is 0 Å². The topological polar surface area (TPSA) is 26.3 Å². The standard InChI is InChI=1S/C14H16O2/c1-9-2-6-11-12(8-9)14(15)16-13(11)7-5-10-3-4-10/h2,6,8,10,13H,3-5,7H2,1H3. The molecule has 1 aliphatic carbocycles. The largest absolute Gasteiger partial charge is 0.454 e. The summed E-state index contributed by atoms with van der Waals surface area (Å²) in [5.41, 5.74) is 3.00. The Morgan fingerprint density at radius 2 is 2.12 bits per heavy atom. The van der Waals surface area contributed by atoms with E-state index in [1.807, 2.05) is 19.1 Å². The first kappa shape index (κ1) is 9.88. The van der Waals surface area contributed by atoms with E-state index in [2.05, 4.69) is 6.07 Å². The van der Waals surface area contributed by atoms with Crippen LogP contribution in [0.3, 0.4) is 0 Å². The number of aryl methyl sites for hydroxylation is 1. The molecule has 0 spiro atoms. The third-order valence-corrected chi connectivity index (χ3v) is 3.56. The van der Waals surface area contributed by atoms with Crippen LogP contribution in [0, 0.1) is 12.8 Å². The van der Waals surface area contributed by atoms with Crippen molar-refractivity contribution in [2.45, 2.75) is 38.7 Å². The average Bonchev–Trinajstić information content (AvgIpc) is 3.03. The number of esters is 1. The van der Waals surface area contributed by atoms with Crippen LogP contribution in [0.15, 0.2) is 18.2 Å². The van der Waals surface area contributed by atoms with Crippen LogP contribution in [0.2, 0.25) is 0 Å². The van der Waals surface area contributed by atoms with E-state index in [-0.39, 0.29) is 12.1 Å². The minimum atomic E-state index is -0.139. The highest BCUT2D eigenvalue weighted by Crippen LogP contribution is 2.40. The monoisotopic (exact) mass is 216 g/mol. The Labute approximate surface area is 95.6 Å². The van der Waals surface area contributed by atoms with Crippen molar-refractivity contribution in [1.29, 1.82) is 0 Å². The van der Waals surface area contributed by atoms with Gasteiger partial charge in [-0.2, -0.15) is 0 Å². The summed E-state index contributed by atoms with van der Waals surface area (Å²) in [5, 5.41) is 0. The van der Waals surface area contributed by atoms with Crippen LogP contribution in [0.5, 0.6) is 0 Å². The molecule has 2 heteroatoms. The number of hydrogen-bond acceptors (Lipinski definition) is 2. The zero-order valence-electron chi connectivity index (χ0n) is 9.53. The van der Waals surface area contributed by atoms with Crippen LogP contribution < -0.4 is 0 Å². The third-order valence-electron chi connectivity index (χ3n) is 3.56. The summed E-state index contributed by atoms with van der Waals surface area (Å²) < 4.78 is 5.43. The fourth-order valence-corrected chi connectivity index (χ4v) is 2.39. The molecule has 3 rings (SSSR count). The molecule has 1 heterocycles. The Kier molecular flexibility index (Phi) is 2.23. The maximum Gasteiger partial charge on any atom is 0.339 e. The molecular formula is C14H16O2. The summed E-state index contributed by atoms with van der Waals surface area (Å²) in [6.07, 6.45) is 4.93. The van der Waals surface area contributed by atoms with Crippen molar-refractivity contribution < 1.29 is 9.53 Å². The highest BCUT2D eigenvalue weighted by molar-refractivity contribution is 5.94. The van der Waals surface area contributed by atoms with Crippen molar-refractivity contribution in [2.24, 2.45) is 5.92 Å². The molecule has 1 atom stereocenters. The lowest BCUT2D eigenvalue weighted by molar-refractivity contribution is 0.0361. The minimum absolute atomic E-state index is 0.0173. The average molecular weight is 216 g/mol. The summed E-state index contributed by atoms with van der Waals surface area (Å²) in [5.74, 6) is 0.757. The van der Waals surface area contributed by atoms with Crippen LogP contribution in [0.4, 0.5) is 0 Å². The highest BCUT2D eigenvalue weighted by atomic mass is 16.5. The van der Waals surface area contributed by atoms with Gasteiger partial charge in [0.05, 0.1) is 5.56 Å². The van der Waals surface area contributed by atoms with Gasteiger partial charge in [0.15, 0.2) is 0 Å². The Balaban J connectivity index is 1.80. The van der Waals surface area contributed by atoms with Gasteiger partial charge in [0, 0.05) is 5.56 Å². The predicted octanol–water partition coefficient (Wildman–Crippen LogP) is 3.40. The molecule has 1 fully saturated rings. The van der Waals surface area contributed by atoms with Gasteiger partial charge in [-0.3, -0.25) is 0 Å². The van der Waals surface area contributed by atoms with Gasteiger partial charge in [0.25, 0.3) is 0 Å². The number of rotatable bonds is 3. The van der Waals surface area contributed by atoms with Crippen LogP contribution in [-0.4, -0.2) is 5.97 Å². The van der Waals surface area contributed by atoms with Gasteiger partial charge < -0.3 is 4.74 Å². The number of benzene rings is 1. The number of carbonyl (C=O) groups is 1. The Bertz CT molecular complexity index is 432. The van der Waals surface area contributed by atoms with Crippen molar-refractivity contribution in [3.8, 4) is 0 Å². The number of cyclic esters (lactones) is 1. The fraction of sp³-hybridized carbons (Fsp3) is 0.500. The summed E-state index contributed by atoms with van der Waals surface area (Å²) in [6.45, 7) is 2.01. The summed E-state index contributed by atoms with van der Waals surface area (Å²) in [6, 6.07) is 6.05. The van der Waals surface area contributed by atoms with Crippen LogP contribution in [0.1, 0.15) is 53.3 Å². The van der Waals surface area contributed by atoms with Crippen molar-refractivity contribution >= 4 is 5.97 Å². The molecule has 0 saturated heterocycles. The normalized spacial score (nSPS) is 23.1. The van der Waals surface area contributed by atoms with Gasteiger partial charge in [-0.25, -0.2) is 4.79 Å². The zero-order valence-corrected chi connectivity index (χ0v) is 9.53. The first-order valence-corrected chi connectivity index (χ1v) is 6.05. The summed E-state index contributed by atoms with van der Waals surface area (Å²) in [4.78, 5) is 11.7. The quantitative estimate of drug-likeness (QED) is 0.724. The van der Waals surface area contributed by atoms with Crippen LogP contribution in [-0.2, 0) is 4.74 Å². The molecule has 0 N–H and O–H groups in total. The second-order valence-electron chi connectivity index (χ2n) is 5.01. The number of ether oxygens (including phenoxy) is 1. The molecule has 0 bridgehead atoms. The molecule has 1 aromatic carbocycles. The summed E-state index contributed by atoms with van der Waals surface area (Å²) in [7, 11) is 0. The molecule has 2 nitrogen and oxygen atoms in total. The van der Waals surface area contributed by atoms with Gasteiger partial charge in [-0.15, -0.1) is 0 Å². The molecule has 16 heavy (non-hydrogen) atoms. The zero-order chi connectivity index (χ0) is 11.1. The smallest absolute Gasteiger partial charge is 0.339 e. The SMILES string of the molecule is Cc1ccc2c(c1)C(=O)OC2CCC1CC1. The van der Waals surface area contributed by atoms with Gasteiger partial charge in [-0.1, -0.05) is 30.5 Å². The molecule has 2 aliphatic rings. The number of carbonyl (C=O) groups excluding carboxylic acids is 1.